The molecule has 0 aliphatic carbocycles. The number of hydrogen-bond acceptors (Lipinski definition) is 5. The monoisotopic (exact) mass is 414 g/mol. The molecule has 1 amide bonds. The molecule has 0 bridgehead atoms. The number of ether oxygens (including phenoxy) is 1. The van der Waals surface area contributed by atoms with Gasteiger partial charge < -0.3 is 4.74 Å². The number of benzene rings is 3. The number of para-hydroxylation sites is 1. The number of carbonyl (C=O) groups is 1. The first-order valence-electron chi connectivity index (χ1n) is 10.4. The van der Waals surface area contributed by atoms with Crippen LogP contribution in [-0.2, 0) is 11.4 Å². The minimum Gasteiger partial charge on any atom is -0.489 e. The maximum Gasteiger partial charge on any atom is 0.258 e. The minimum absolute atomic E-state index is 0.0388. The summed E-state index contributed by atoms with van der Waals surface area (Å²) in [5.74, 6) is 0.630. The van der Waals surface area contributed by atoms with Gasteiger partial charge in [0, 0.05) is 5.56 Å². The first-order chi connectivity index (χ1) is 15.2. The van der Waals surface area contributed by atoms with Crippen molar-refractivity contribution in [2.24, 2.45) is 5.10 Å². The van der Waals surface area contributed by atoms with E-state index in [2.05, 4.69) is 52.6 Å². The van der Waals surface area contributed by atoms with Gasteiger partial charge in [-0.15, -0.1) is 0 Å². The van der Waals surface area contributed by atoms with Crippen LogP contribution in [-0.4, -0.2) is 18.2 Å². The van der Waals surface area contributed by atoms with Gasteiger partial charge in [0.15, 0.2) is 0 Å². The Balaban J connectivity index is 1.35. The number of nitrogens with zero attached hydrogens (tertiary/aromatic N) is 1. The van der Waals surface area contributed by atoms with Gasteiger partial charge in [-0.05, 0) is 30.5 Å². The van der Waals surface area contributed by atoms with Crippen LogP contribution in [0.4, 0.5) is 0 Å². The molecule has 1 fully saturated rings. The van der Waals surface area contributed by atoms with Crippen LogP contribution in [0.5, 0.6) is 5.75 Å². The molecule has 1 saturated heterocycles. The van der Waals surface area contributed by atoms with Gasteiger partial charge >= 0.3 is 0 Å². The Kier molecular flexibility index (Phi) is 6.72. The summed E-state index contributed by atoms with van der Waals surface area (Å²) in [5, 5.41) is 4.05. The zero-order valence-corrected chi connectivity index (χ0v) is 17.4. The van der Waals surface area contributed by atoms with E-state index >= 15 is 0 Å². The van der Waals surface area contributed by atoms with Crippen molar-refractivity contribution >= 4 is 12.1 Å². The first-order valence-corrected chi connectivity index (χ1v) is 10.4. The van der Waals surface area contributed by atoms with Gasteiger partial charge in [0.2, 0.25) is 0 Å². The lowest BCUT2D eigenvalue weighted by molar-refractivity contribution is -0.122. The minimum atomic E-state index is -0.386. The summed E-state index contributed by atoms with van der Waals surface area (Å²) in [6.45, 7) is 2.56. The van der Waals surface area contributed by atoms with Crippen molar-refractivity contribution in [3.63, 3.8) is 0 Å². The van der Waals surface area contributed by atoms with Gasteiger partial charge in [-0.1, -0.05) is 78.4 Å². The molecule has 0 radical (unpaired) electrons. The number of hydrazone groups is 1. The molecule has 0 spiro atoms. The molecule has 1 heterocycles. The number of nitrogens with one attached hydrogen (secondary N) is 3. The topological polar surface area (TPSA) is 74.8 Å². The Hall–Kier alpha value is -3.48. The van der Waals surface area contributed by atoms with Crippen LogP contribution in [0.25, 0.3) is 0 Å². The quantitative estimate of drug-likeness (QED) is 0.408. The Morgan fingerprint density at radius 2 is 1.77 bits per heavy atom. The van der Waals surface area contributed by atoms with Crippen LogP contribution < -0.4 is 21.0 Å². The standard InChI is InChI=1S/C25H26N4O2/c1-18-11-13-20(14-12-18)17-31-24-10-6-5-9-21(24)22-15-23(28-27-22)25(30)29-26-16-19-7-3-2-4-8-19/h2-14,16,22-23,27-28H,15,17H2,1H3,(H,29,30)/b26-16+. The third-order valence-electron chi connectivity index (χ3n) is 5.22. The van der Waals surface area contributed by atoms with E-state index in [0.29, 0.717) is 13.0 Å². The smallest absolute Gasteiger partial charge is 0.258 e. The largest absolute Gasteiger partial charge is 0.489 e. The number of carbonyl (C=O) groups excluding carboxylic acids is 1. The van der Waals surface area contributed by atoms with Crippen LogP contribution in [0.3, 0.4) is 0 Å². The van der Waals surface area contributed by atoms with E-state index < -0.39 is 0 Å². The number of hydrogen-bond donors (Lipinski definition) is 3. The lowest BCUT2D eigenvalue weighted by Gasteiger charge is -2.16. The molecule has 0 saturated carbocycles. The van der Waals surface area contributed by atoms with E-state index in [-0.39, 0.29) is 18.0 Å². The first kappa shape index (κ1) is 20.8. The molecule has 6 heteroatoms. The van der Waals surface area contributed by atoms with Gasteiger partial charge in [-0.2, -0.15) is 5.10 Å². The number of rotatable bonds is 7. The predicted octanol–water partition coefficient (Wildman–Crippen LogP) is 3.63. The fraction of sp³-hybridized carbons (Fsp3) is 0.200. The second-order valence-corrected chi connectivity index (χ2v) is 7.59. The molecular weight excluding hydrogens is 388 g/mol. The molecule has 2 atom stereocenters. The molecule has 0 aromatic heterocycles. The summed E-state index contributed by atoms with van der Waals surface area (Å²) in [6, 6.07) is 25.4. The third kappa shape index (κ3) is 5.57. The van der Waals surface area contributed by atoms with E-state index in [1.165, 1.54) is 5.56 Å². The summed E-state index contributed by atoms with van der Waals surface area (Å²) in [6.07, 6.45) is 2.23. The molecule has 158 valence electrons. The maximum absolute atomic E-state index is 12.5. The highest BCUT2D eigenvalue weighted by molar-refractivity contribution is 5.85. The van der Waals surface area contributed by atoms with Crippen molar-refractivity contribution in [1.29, 1.82) is 0 Å². The van der Waals surface area contributed by atoms with Crippen molar-refractivity contribution in [1.82, 2.24) is 16.3 Å². The normalized spacial score (nSPS) is 18.2. The van der Waals surface area contributed by atoms with Gasteiger partial charge in [-0.25, -0.2) is 16.3 Å². The molecule has 3 aromatic rings. The van der Waals surface area contributed by atoms with E-state index in [4.69, 9.17) is 4.74 Å². The zero-order valence-electron chi connectivity index (χ0n) is 17.4. The second-order valence-electron chi connectivity index (χ2n) is 7.59. The van der Waals surface area contributed by atoms with Gasteiger partial charge in [0.1, 0.15) is 18.4 Å². The van der Waals surface area contributed by atoms with Gasteiger partial charge in [-0.3, -0.25) is 4.79 Å². The Morgan fingerprint density at radius 1 is 1.03 bits per heavy atom. The van der Waals surface area contributed by atoms with E-state index in [9.17, 15) is 4.79 Å². The van der Waals surface area contributed by atoms with E-state index in [0.717, 1.165) is 22.4 Å². The molecule has 4 rings (SSSR count). The van der Waals surface area contributed by atoms with Crippen molar-refractivity contribution < 1.29 is 9.53 Å². The highest BCUT2D eigenvalue weighted by Crippen LogP contribution is 2.30. The summed E-state index contributed by atoms with van der Waals surface area (Å²) in [7, 11) is 0. The lowest BCUT2D eigenvalue weighted by atomic mass is 10.0. The van der Waals surface area contributed by atoms with E-state index in [1.807, 2.05) is 54.6 Å². The third-order valence-corrected chi connectivity index (χ3v) is 5.22. The number of aryl methyl sites for hydroxylation is 1. The van der Waals surface area contributed by atoms with Crippen LogP contribution in [0.1, 0.15) is 34.7 Å². The molecule has 3 N–H and O–H groups in total. The number of amides is 1. The molecule has 2 unspecified atom stereocenters. The average molecular weight is 415 g/mol. The predicted molar refractivity (Wildman–Crippen MR) is 122 cm³/mol. The summed E-state index contributed by atoms with van der Waals surface area (Å²) in [5.41, 5.74) is 13.2. The SMILES string of the molecule is Cc1ccc(COc2ccccc2C2CC(C(=O)N/N=C/c3ccccc3)NN2)cc1. The summed E-state index contributed by atoms with van der Waals surface area (Å²) >= 11 is 0. The van der Waals surface area contributed by atoms with Crippen molar-refractivity contribution in [3.8, 4) is 5.75 Å². The summed E-state index contributed by atoms with van der Waals surface area (Å²) in [4.78, 5) is 12.5. The molecule has 1 aliphatic rings. The zero-order chi connectivity index (χ0) is 21.5. The second kappa shape index (κ2) is 10.0. The fourth-order valence-electron chi connectivity index (χ4n) is 3.46. The highest BCUT2D eigenvalue weighted by Gasteiger charge is 2.31. The van der Waals surface area contributed by atoms with Crippen LogP contribution in [0, 0.1) is 6.92 Å². The van der Waals surface area contributed by atoms with E-state index in [1.54, 1.807) is 6.21 Å². The molecule has 3 aromatic carbocycles. The Morgan fingerprint density at radius 3 is 2.58 bits per heavy atom. The molecule has 1 aliphatic heterocycles. The van der Waals surface area contributed by atoms with Crippen molar-refractivity contribution in [2.45, 2.75) is 32.0 Å². The van der Waals surface area contributed by atoms with Crippen LogP contribution in [0.2, 0.25) is 0 Å². The molecule has 6 nitrogen and oxygen atoms in total. The Bertz CT molecular complexity index is 1030. The fourth-order valence-corrected chi connectivity index (χ4v) is 3.46. The van der Waals surface area contributed by atoms with Crippen LogP contribution in [0.15, 0.2) is 84.0 Å². The van der Waals surface area contributed by atoms with Crippen molar-refractivity contribution in [3.05, 3.63) is 101 Å². The van der Waals surface area contributed by atoms with Crippen molar-refractivity contribution in [2.75, 3.05) is 0 Å². The Labute approximate surface area is 182 Å². The average Bonchev–Trinajstić information content (AvgIpc) is 3.30. The van der Waals surface area contributed by atoms with Gasteiger partial charge in [0.05, 0.1) is 12.3 Å². The lowest BCUT2D eigenvalue weighted by Crippen LogP contribution is -2.41. The van der Waals surface area contributed by atoms with Crippen LogP contribution >= 0.6 is 0 Å². The highest BCUT2D eigenvalue weighted by atomic mass is 16.5. The summed E-state index contributed by atoms with van der Waals surface area (Å²) < 4.78 is 6.09. The number of hydrazine groups is 1. The maximum atomic E-state index is 12.5. The van der Waals surface area contributed by atoms with Gasteiger partial charge in [0.25, 0.3) is 5.91 Å². The molecule has 31 heavy (non-hydrogen) atoms. The molecular formula is C25H26N4O2.